The number of hydrogen-bond donors (Lipinski definition) is 0. The second-order valence-electron chi connectivity index (χ2n) is 2.60. The van der Waals surface area contributed by atoms with Gasteiger partial charge < -0.3 is 9.15 Å². The lowest BCUT2D eigenvalue weighted by Gasteiger charge is -1.91. The molecule has 0 saturated carbocycles. The summed E-state index contributed by atoms with van der Waals surface area (Å²) in [5.74, 6) is 5.53. The van der Waals surface area contributed by atoms with Crippen LogP contribution >= 0.6 is 0 Å². The number of hydrogen-bond acceptors (Lipinski definition) is 3. The van der Waals surface area contributed by atoms with E-state index in [4.69, 9.17) is 4.42 Å². The zero-order valence-electron chi connectivity index (χ0n) is 8.08. The Morgan fingerprint density at radius 2 is 2.50 bits per heavy atom. The highest BCUT2D eigenvalue weighted by molar-refractivity contribution is 5.88. The van der Waals surface area contributed by atoms with Crippen LogP contribution in [0.1, 0.15) is 19.1 Å². The summed E-state index contributed by atoms with van der Waals surface area (Å²) in [4.78, 5) is 10.8. The maximum Gasteiger partial charge on any atom is 0.384 e. The molecule has 14 heavy (non-hydrogen) atoms. The molecule has 74 valence electrons. The Kier molecular flexibility index (Phi) is 4.36. The van der Waals surface area contributed by atoms with Gasteiger partial charge in [-0.15, -0.1) is 0 Å². The Hall–Kier alpha value is -1.69. The van der Waals surface area contributed by atoms with E-state index in [2.05, 4.69) is 16.6 Å². The van der Waals surface area contributed by atoms with Gasteiger partial charge in [0.15, 0.2) is 0 Å². The van der Waals surface area contributed by atoms with Gasteiger partial charge in [0.2, 0.25) is 0 Å². The van der Waals surface area contributed by atoms with E-state index in [0.29, 0.717) is 13.0 Å². The third-order valence-corrected chi connectivity index (χ3v) is 1.54. The van der Waals surface area contributed by atoms with Crippen LogP contribution in [0.4, 0.5) is 0 Å². The predicted molar refractivity (Wildman–Crippen MR) is 51.4 cm³/mol. The monoisotopic (exact) mass is 192 g/mol. The lowest BCUT2D eigenvalue weighted by molar-refractivity contribution is -0.136. The zero-order valence-corrected chi connectivity index (χ0v) is 8.08. The molecule has 1 aromatic rings. The van der Waals surface area contributed by atoms with Gasteiger partial charge in [-0.1, -0.05) is 5.92 Å². The van der Waals surface area contributed by atoms with Gasteiger partial charge in [-0.3, -0.25) is 0 Å². The van der Waals surface area contributed by atoms with Crippen LogP contribution in [0.5, 0.6) is 0 Å². The van der Waals surface area contributed by atoms with Gasteiger partial charge in [0.25, 0.3) is 0 Å². The summed E-state index contributed by atoms with van der Waals surface area (Å²) in [7, 11) is 0. The molecule has 0 aliphatic heterocycles. The molecule has 0 amide bonds. The van der Waals surface area contributed by atoms with Crippen molar-refractivity contribution in [1.82, 2.24) is 0 Å². The van der Waals surface area contributed by atoms with Gasteiger partial charge in [-0.25, -0.2) is 4.79 Å². The first-order valence-electron chi connectivity index (χ1n) is 4.51. The van der Waals surface area contributed by atoms with Crippen molar-refractivity contribution < 1.29 is 13.9 Å². The topological polar surface area (TPSA) is 39.4 Å². The van der Waals surface area contributed by atoms with Gasteiger partial charge in [-0.05, 0) is 19.1 Å². The fraction of sp³-hybridized carbons (Fsp3) is 0.364. The van der Waals surface area contributed by atoms with Crippen molar-refractivity contribution in [2.45, 2.75) is 19.8 Å². The summed E-state index contributed by atoms with van der Waals surface area (Å²) >= 11 is 0. The molecule has 0 spiro atoms. The number of aryl methyl sites for hydroxylation is 1. The summed E-state index contributed by atoms with van der Waals surface area (Å²) in [6.07, 6.45) is 2.94. The lowest BCUT2D eigenvalue weighted by atomic mass is 10.2. The lowest BCUT2D eigenvalue weighted by Crippen LogP contribution is -1.99. The Balaban J connectivity index is 2.23. The van der Waals surface area contributed by atoms with Gasteiger partial charge in [-0.2, -0.15) is 0 Å². The van der Waals surface area contributed by atoms with E-state index < -0.39 is 5.97 Å². The minimum absolute atomic E-state index is 0.367. The maximum absolute atomic E-state index is 10.8. The molecule has 3 nitrogen and oxygen atoms in total. The summed E-state index contributed by atoms with van der Waals surface area (Å²) in [6.45, 7) is 2.12. The van der Waals surface area contributed by atoms with Crippen molar-refractivity contribution in [1.29, 1.82) is 0 Å². The van der Waals surface area contributed by atoms with Crippen molar-refractivity contribution in [2.75, 3.05) is 6.61 Å². The number of rotatable bonds is 3. The molecule has 0 unspecified atom stereocenters. The normalized spacial score (nSPS) is 8.93. The second kappa shape index (κ2) is 5.87. The molecule has 0 radical (unpaired) electrons. The highest BCUT2D eigenvalue weighted by Gasteiger charge is 1.94. The molecule has 0 fully saturated rings. The van der Waals surface area contributed by atoms with Gasteiger partial charge in [0, 0.05) is 18.8 Å². The quantitative estimate of drug-likeness (QED) is 0.416. The highest BCUT2D eigenvalue weighted by atomic mass is 16.5. The van der Waals surface area contributed by atoms with E-state index in [1.54, 1.807) is 13.2 Å². The predicted octanol–water partition coefficient (Wildman–Crippen LogP) is 1.78. The second-order valence-corrected chi connectivity index (χ2v) is 2.60. The summed E-state index contributed by atoms with van der Waals surface area (Å²) < 4.78 is 9.75. The van der Waals surface area contributed by atoms with Crippen LogP contribution in [0.25, 0.3) is 0 Å². The standard InChI is InChI=1S/C11H12O3/c1-2-13-11(12)8-4-3-6-10-7-5-9-14-10/h5,7,9H,2-3,6H2,1H3. The third kappa shape index (κ3) is 3.81. The minimum Gasteiger partial charge on any atom is -0.469 e. The van der Waals surface area contributed by atoms with E-state index in [0.717, 1.165) is 12.2 Å². The smallest absolute Gasteiger partial charge is 0.384 e. The molecule has 0 aliphatic rings. The Bertz CT molecular complexity index is 327. The molecule has 0 aliphatic carbocycles. The number of esters is 1. The fourth-order valence-electron chi connectivity index (χ4n) is 0.942. The first-order chi connectivity index (χ1) is 6.83. The van der Waals surface area contributed by atoms with Crippen molar-refractivity contribution >= 4 is 5.97 Å². The molecule has 1 aromatic heterocycles. The summed E-state index contributed by atoms with van der Waals surface area (Å²) in [6, 6.07) is 3.71. The number of carbonyl (C=O) groups excluding carboxylic acids is 1. The highest BCUT2D eigenvalue weighted by Crippen LogP contribution is 2.02. The van der Waals surface area contributed by atoms with Gasteiger partial charge in [0.05, 0.1) is 12.9 Å². The third-order valence-electron chi connectivity index (χ3n) is 1.54. The molecular weight excluding hydrogens is 180 g/mol. The Morgan fingerprint density at radius 1 is 1.64 bits per heavy atom. The molecule has 0 aromatic carbocycles. The van der Waals surface area contributed by atoms with Crippen LogP contribution in [0.2, 0.25) is 0 Å². The zero-order chi connectivity index (χ0) is 10.2. The largest absolute Gasteiger partial charge is 0.469 e. The molecule has 0 saturated heterocycles. The van der Waals surface area contributed by atoms with Crippen LogP contribution in [-0.4, -0.2) is 12.6 Å². The number of carbonyl (C=O) groups is 1. The SMILES string of the molecule is CCOC(=O)C#CCCc1ccco1. The van der Waals surface area contributed by atoms with E-state index in [-0.39, 0.29) is 0 Å². The van der Waals surface area contributed by atoms with Crippen LogP contribution < -0.4 is 0 Å². The minimum atomic E-state index is -0.466. The van der Waals surface area contributed by atoms with E-state index >= 15 is 0 Å². The number of ether oxygens (including phenoxy) is 1. The molecular formula is C11H12O3. The van der Waals surface area contributed by atoms with Gasteiger partial charge in [0.1, 0.15) is 5.76 Å². The fourth-order valence-corrected chi connectivity index (χ4v) is 0.942. The van der Waals surface area contributed by atoms with E-state index in [1.165, 1.54) is 0 Å². The molecule has 0 bridgehead atoms. The van der Waals surface area contributed by atoms with E-state index in [9.17, 15) is 4.79 Å². The molecule has 3 heteroatoms. The molecule has 1 rings (SSSR count). The van der Waals surface area contributed by atoms with Crippen molar-refractivity contribution in [2.24, 2.45) is 0 Å². The van der Waals surface area contributed by atoms with Crippen molar-refractivity contribution in [3.05, 3.63) is 24.2 Å². The summed E-state index contributed by atoms with van der Waals surface area (Å²) in [5, 5.41) is 0. The summed E-state index contributed by atoms with van der Waals surface area (Å²) in [5.41, 5.74) is 0. The first-order valence-corrected chi connectivity index (χ1v) is 4.51. The number of furan rings is 1. The van der Waals surface area contributed by atoms with Crippen molar-refractivity contribution in [3.8, 4) is 11.8 Å². The first kappa shape index (κ1) is 10.4. The molecule has 0 atom stereocenters. The van der Waals surface area contributed by atoms with Crippen LogP contribution in [0, 0.1) is 11.8 Å². The Morgan fingerprint density at radius 3 is 3.14 bits per heavy atom. The maximum atomic E-state index is 10.8. The van der Waals surface area contributed by atoms with Gasteiger partial charge >= 0.3 is 5.97 Å². The average molecular weight is 192 g/mol. The van der Waals surface area contributed by atoms with Crippen LogP contribution in [0.3, 0.4) is 0 Å². The average Bonchev–Trinajstić information content (AvgIpc) is 2.65. The molecule has 0 N–H and O–H groups in total. The molecule has 1 heterocycles. The van der Waals surface area contributed by atoms with Crippen LogP contribution in [0.15, 0.2) is 22.8 Å². The van der Waals surface area contributed by atoms with E-state index in [1.807, 2.05) is 12.1 Å². The Labute approximate surface area is 83.1 Å². The van der Waals surface area contributed by atoms with Crippen molar-refractivity contribution in [3.63, 3.8) is 0 Å². The van der Waals surface area contributed by atoms with Crippen LogP contribution in [-0.2, 0) is 16.0 Å².